The number of rotatable bonds is 8. The van der Waals surface area contributed by atoms with Gasteiger partial charge in [-0.3, -0.25) is 0 Å². The van der Waals surface area contributed by atoms with E-state index in [1.54, 1.807) is 6.07 Å². The lowest BCUT2D eigenvalue weighted by Gasteiger charge is -2.33. The fraction of sp³-hybridized carbons (Fsp3) is 0.500. The normalized spacial score (nSPS) is 20.0. The van der Waals surface area contributed by atoms with E-state index in [2.05, 4.69) is 13.2 Å². The molecule has 2 rings (SSSR count). The molecule has 1 aliphatic heterocycles. The predicted octanol–water partition coefficient (Wildman–Crippen LogP) is 4.45. The molecule has 1 aromatic carbocycles. The molecule has 3 unspecified atom stereocenters. The van der Waals surface area contributed by atoms with Crippen LogP contribution in [0.25, 0.3) is 6.08 Å². The van der Waals surface area contributed by atoms with Gasteiger partial charge in [0.1, 0.15) is 6.29 Å². The molecule has 2 N–H and O–H groups in total. The zero-order valence-corrected chi connectivity index (χ0v) is 18.0. The van der Waals surface area contributed by atoms with E-state index in [-0.39, 0.29) is 35.8 Å². The molecule has 7 nitrogen and oxygen atoms in total. The first-order valence-electron chi connectivity index (χ1n) is 9.81. The highest BCUT2D eigenvalue weighted by Crippen LogP contribution is 2.47. The van der Waals surface area contributed by atoms with Crippen LogP contribution < -0.4 is 14.2 Å². The third-order valence-corrected chi connectivity index (χ3v) is 3.80. The van der Waals surface area contributed by atoms with Crippen LogP contribution in [0.1, 0.15) is 52.5 Å². The van der Waals surface area contributed by atoms with E-state index in [9.17, 15) is 15.0 Å². The maximum Gasteiger partial charge on any atom is 0.211 e. The first kappa shape index (κ1) is 26.5. The van der Waals surface area contributed by atoms with Crippen molar-refractivity contribution >= 4 is 12.4 Å². The summed E-state index contributed by atoms with van der Waals surface area (Å²) < 4.78 is 21.9. The van der Waals surface area contributed by atoms with Gasteiger partial charge < -0.3 is 34.0 Å². The summed E-state index contributed by atoms with van der Waals surface area (Å²) in [6.07, 6.45) is 2.10. The van der Waals surface area contributed by atoms with Crippen molar-refractivity contribution in [3.05, 3.63) is 31.0 Å². The number of carbonyl (C=O) groups excluding carboxylic acids is 1. The number of aromatic hydroxyl groups is 1. The van der Waals surface area contributed by atoms with Crippen LogP contribution in [0.2, 0.25) is 0 Å². The van der Waals surface area contributed by atoms with Crippen molar-refractivity contribution in [3.8, 4) is 23.0 Å². The molecule has 0 saturated carbocycles. The molecule has 0 aromatic heterocycles. The van der Waals surface area contributed by atoms with Crippen LogP contribution in [0.5, 0.6) is 23.0 Å². The van der Waals surface area contributed by atoms with Crippen LogP contribution in [0, 0.1) is 0 Å². The number of methoxy groups -OCH3 is 1. The number of phenols is 1. The lowest BCUT2D eigenvalue weighted by molar-refractivity contribution is -0.177. The van der Waals surface area contributed by atoms with Gasteiger partial charge in [0, 0.05) is 24.8 Å². The second kappa shape index (κ2) is 14.5. The molecule has 7 heteroatoms. The van der Waals surface area contributed by atoms with Gasteiger partial charge in [-0.15, -0.1) is 0 Å². The Morgan fingerprint density at radius 2 is 1.86 bits per heavy atom. The van der Waals surface area contributed by atoms with Crippen LogP contribution >= 0.6 is 0 Å². The van der Waals surface area contributed by atoms with Crippen molar-refractivity contribution in [1.29, 1.82) is 0 Å². The standard InChI is InChI=1S/C18H22O7.2C2H6/c1-4-11-8-14(22-3)16(21)18(17(11)23-5-2)25-15-10-12(20)9-13(24-15)6-7-19;2*1-2/h4-5,7-8,12-13,15,20-21H,1-2,6,9-10H2,3H3;2*1-2H3. The van der Waals surface area contributed by atoms with Gasteiger partial charge >= 0.3 is 0 Å². The number of phenolic OH excluding ortho intramolecular Hbond substituents is 1. The lowest BCUT2D eigenvalue weighted by atomic mass is 10.0. The Balaban J connectivity index is 0.00000184. The number of aliphatic hydroxyl groups excluding tert-OH is 1. The Kier molecular flexibility index (Phi) is 13.2. The fourth-order valence-electron chi connectivity index (χ4n) is 2.66. The molecule has 1 heterocycles. The van der Waals surface area contributed by atoms with Crippen molar-refractivity contribution in [3.63, 3.8) is 0 Å². The number of benzene rings is 1. The van der Waals surface area contributed by atoms with Crippen LogP contribution in [0.3, 0.4) is 0 Å². The monoisotopic (exact) mass is 410 g/mol. The van der Waals surface area contributed by atoms with Gasteiger partial charge in [0.25, 0.3) is 0 Å². The Hall–Kier alpha value is -2.51. The highest BCUT2D eigenvalue weighted by Gasteiger charge is 2.32. The van der Waals surface area contributed by atoms with Gasteiger partial charge in [-0.1, -0.05) is 46.9 Å². The average Bonchev–Trinajstić information content (AvgIpc) is 2.74. The summed E-state index contributed by atoms with van der Waals surface area (Å²) >= 11 is 0. The molecule has 0 spiro atoms. The molecule has 1 saturated heterocycles. The smallest absolute Gasteiger partial charge is 0.211 e. The van der Waals surface area contributed by atoms with Gasteiger partial charge in [-0.2, -0.15) is 0 Å². The summed E-state index contributed by atoms with van der Waals surface area (Å²) in [5.41, 5.74) is 0.519. The van der Waals surface area contributed by atoms with Crippen molar-refractivity contribution < 1.29 is 34.0 Å². The summed E-state index contributed by atoms with van der Waals surface area (Å²) in [7, 11) is 1.40. The third-order valence-electron chi connectivity index (χ3n) is 3.80. The Morgan fingerprint density at radius 1 is 1.21 bits per heavy atom. The summed E-state index contributed by atoms with van der Waals surface area (Å²) in [6.45, 7) is 15.2. The summed E-state index contributed by atoms with van der Waals surface area (Å²) in [4.78, 5) is 10.7. The molecule has 1 aliphatic rings. The predicted molar refractivity (Wildman–Crippen MR) is 113 cm³/mol. The Labute approximate surface area is 173 Å². The quantitative estimate of drug-likeness (QED) is 0.483. The molecule has 3 atom stereocenters. The van der Waals surface area contributed by atoms with Gasteiger partial charge in [0.05, 0.1) is 25.6 Å². The minimum absolute atomic E-state index is 0.0156. The summed E-state index contributed by atoms with van der Waals surface area (Å²) in [6, 6.07) is 1.54. The average molecular weight is 411 g/mol. The van der Waals surface area contributed by atoms with E-state index in [0.29, 0.717) is 12.0 Å². The second-order valence-electron chi connectivity index (χ2n) is 5.50. The van der Waals surface area contributed by atoms with Gasteiger partial charge in [0.2, 0.25) is 17.8 Å². The second-order valence-corrected chi connectivity index (χ2v) is 5.50. The molecule has 29 heavy (non-hydrogen) atoms. The SMILES string of the molecule is C=COc1c(C=C)cc(OC)c(O)c1OC1CC(O)CC(CC=O)O1.CC.CC. The van der Waals surface area contributed by atoms with E-state index in [4.69, 9.17) is 18.9 Å². The zero-order chi connectivity index (χ0) is 22.4. The van der Waals surface area contributed by atoms with Crippen molar-refractivity contribution in [1.82, 2.24) is 0 Å². The highest BCUT2D eigenvalue weighted by molar-refractivity contribution is 5.70. The Bertz CT molecular complexity index is 643. The van der Waals surface area contributed by atoms with E-state index in [1.165, 1.54) is 19.4 Å². The number of hydrogen-bond acceptors (Lipinski definition) is 7. The molecule has 164 valence electrons. The third kappa shape index (κ3) is 7.44. The van der Waals surface area contributed by atoms with Crippen LogP contribution in [-0.2, 0) is 9.53 Å². The number of ether oxygens (including phenoxy) is 4. The maximum atomic E-state index is 10.7. The van der Waals surface area contributed by atoms with E-state index < -0.39 is 18.5 Å². The number of carbonyl (C=O) groups is 1. The van der Waals surface area contributed by atoms with Crippen molar-refractivity contribution in [2.75, 3.05) is 7.11 Å². The number of aldehydes is 1. The molecule has 0 amide bonds. The van der Waals surface area contributed by atoms with E-state index in [1.807, 2.05) is 27.7 Å². The maximum absolute atomic E-state index is 10.7. The lowest BCUT2D eigenvalue weighted by Crippen LogP contribution is -2.39. The van der Waals surface area contributed by atoms with E-state index in [0.717, 1.165) is 6.29 Å². The largest absolute Gasteiger partial charge is 0.502 e. The number of aliphatic hydroxyl groups is 1. The van der Waals surface area contributed by atoms with Crippen LogP contribution in [0.4, 0.5) is 0 Å². The van der Waals surface area contributed by atoms with Gasteiger partial charge in [-0.05, 0) is 6.07 Å². The highest BCUT2D eigenvalue weighted by atomic mass is 16.7. The van der Waals surface area contributed by atoms with Gasteiger partial charge in [-0.25, -0.2) is 0 Å². The van der Waals surface area contributed by atoms with Gasteiger partial charge in [0.15, 0.2) is 11.5 Å². The fourth-order valence-corrected chi connectivity index (χ4v) is 2.66. The molecule has 0 aliphatic carbocycles. The molecular weight excluding hydrogens is 376 g/mol. The molecular formula is C22H34O7. The van der Waals surface area contributed by atoms with Crippen LogP contribution in [-0.4, -0.2) is 42.1 Å². The summed E-state index contributed by atoms with van der Waals surface area (Å²) in [5.74, 6) is 0.0691. The zero-order valence-electron chi connectivity index (χ0n) is 18.0. The van der Waals surface area contributed by atoms with Crippen molar-refractivity contribution in [2.45, 2.75) is 65.5 Å². The first-order chi connectivity index (χ1) is 14.0. The number of hydrogen-bond donors (Lipinski definition) is 2. The topological polar surface area (TPSA) is 94.5 Å². The van der Waals surface area contributed by atoms with Crippen LogP contribution in [0.15, 0.2) is 25.5 Å². The minimum atomic E-state index is -0.864. The minimum Gasteiger partial charge on any atom is -0.502 e. The molecule has 1 fully saturated rings. The van der Waals surface area contributed by atoms with E-state index >= 15 is 0 Å². The summed E-state index contributed by atoms with van der Waals surface area (Å²) in [5, 5.41) is 20.4. The molecule has 0 radical (unpaired) electrons. The molecule has 1 aromatic rings. The molecule has 0 bridgehead atoms. The Morgan fingerprint density at radius 3 is 2.38 bits per heavy atom. The van der Waals surface area contributed by atoms with Crippen molar-refractivity contribution in [2.24, 2.45) is 0 Å². The first-order valence-corrected chi connectivity index (χ1v) is 9.81.